The minimum absolute atomic E-state index is 0.208. The summed E-state index contributed by atoms with van der Waals surface area (Å²) in [6, 6.07) is 4.94. The van der Waals surface area contributed by atoms with Crippen molar-refractivity contribution in [2.75, 3.05) is 12.3 Å². The molecule has 0 saturated carbocycles. The number of hydrogen-bond donors (Lipinski definition) is 1. The first-order valence-corrected chi connectivity index (χ1v) is 10.3. The standard InChI is InChI=1S/C22H20ClF3N4O2/c1-3-30(11(2)18-5-4-12(8-28-18)22(24,25)26)21(31)14-6-13-15-9-32-10-16(15)20(27)29-19(13)7-17(14)23/h4-8,11H,3,9-10H2,1-2H3,(H2,27,29). The first kappa shape index (κ1) is 22.3. The number of alkyl halides is 3. The summed E-state index contributed by atoms with van der Waals surface area (Å²) in [5.41, 5.74) is 8.01. The van der Waals surface area contributed by atoms with Crippen LogP contribution >= 0.6 is 11.6 Å². The zero-order valence-electron chi connectivity index (χ0n) is 17.3. The molecule has 1 aliphatic rings. The van der Waals surface area contributed by atoms with E-state index in [0.717, 1.165) is 28.8 Å². The van der Waals surface area contributed by atoms with Crippen molar-refractivity contribution in [3.63, 3.8) is 0 Å². The summed E-state index contributed by atoms with van der Waals surface area (Å²) >= 11 is 6.42. The Hall–Kier alpha value is -2.91. The number of nitrogens with zero attached hydrogens (tertiary/aromatic N) is 3. The molecule has 0 radical (unpaired) electrons. The third kappa shape index (κ3) is 3.86. The molecule has 1 aromatic carbocycles. The molecule has 0 saturated heterocycles. The second kappa shape index (κ2) is 8.22. The van der Waals surface area contributed by atoms with Gasteiger partial charge >= 0.3 is 6.18 Å². The Morgan fingerprint density at radius 1 is 1.28 bits per heavy atom. The molecule has 32 heavy (non-hydrogen) atoms. The van der Waals surface area contributed by atoms with Crippen molar-refractivity contribution in [1.29, 1.82) is 0 Å². The molecule has 0 bridgehead atoms. The topological polar surface area (TPSA) is 81.3 Å². The maximum atomic E-state index is 13.4. The highest BCUT2D eigenvalue weighted by Crippen LogP contribution is 2.35. The summed E-state index contributed by atoms with van der Waals surface area (Å²) in [5.74, 6) is 0.00964. The number of aromatic nitrogens is 2. The molecule has 0 spiro atoms. The molecule has 168 valence electrons. The number of pyridine rings is 2. The van der Waals surface area contributed by atoms with Crippen LogP contribution in [0.1, 0.15) is 52.6 Å². The van der Waals surface area contributed by atoms with Gasteiger partial charge in [-0.25, -0.2) is 4.98 Å². The van der Waals surface area contributed by atoms with Gasteiger partial charge in [0.15, 0.2) is 0 Å². The molecule has 0 fully saturated rings. The Morgan fingerprint density at radius 2 is 2.00 bits per heavy atom. The minimum Gasteiger partial charge on any atom is -0.383 e. The molecule has 3 aromatic rings. The highest BCUT2D eigenvalue weighted by molar-refractivity contribution is 6.34. The van der Waals surface area contributed by atoms with Crippen LogP contribution in [0.3, 0.4) is 0 Å². The van der Waals surface area contributed by atoms with Crippen molar-refractivity contribution >= 4 is 34.2 Å². The van der Waals surface area contributed by atoms with Crippen LogP contribution < -0.4 is 5.73 Å². The number of carbonyl (C=O) groups excluding carboxylic acids is 1. The van der Waals surface area contributed by atoms with Gasteiger partial charge in [0.25, 0.3) is 5.91 Å². The first-order valence-electron chi connectivity index (χ1n) is 9.94. The second-order valence-electron chi connectivity index (χ2n) is 7.53. The van der Waals surface area contributed by atoms with Crippen molar-refractivity contribution in [3.05, 3.63) is 63.4 Å². The van der Waals surface area contributed by atoms with E-state index in [4.69, 9.17) is 22.1 Å². The zero-order chi connectivity index (χ0) is 23.2. The van der Waals surface area contributed by atoms with Gasteiger partial charge in [0.1, 0.15) is 5.82 Å². The molecule has 2 N–H and O–H groups in total. The highest BCUT2D eigenvalue weighted by Gasteiger charge is 2.32. The van der Waals surface area contributed by atoms with Gasteiger partial charge in [0.05, 0.1) is 46.6 Å². The number of rotatable bonds is 4. The van der Waals surface area contributed by atoms with Crippen LogP contribution in [-0.4, -0.2) is 27.3 Å². The van der Waals surface area contributed by atoms with Crippen LogP contribution in [0.4, 0.5) is 19.0 Å². The van der Waals surface area contributed by atoms with Crippen LogP contribution in [-0.2, 0) is 24.1 Å². The number of hydrogen-bond acceptors (Lipinski definition) is 5. The van der Waals surface area contributed by atoms with Gasteiger partial charge in [-0.3, -0.25) is 9.78 Å². The van der Waals surface area contributed by atoms with E-state index in [-0.39, 0.29) is 16.5 Å². The second-order valence-corrected chi connectivity index (χ2v) is 7.94. The summed E-state index contributed by atoms with van der Waals surface area (Å²) < 4.78 is 44.0. The minimum atomic E-state index is -4.48. The summed E-state index contributed by atoms with van der Waals surface area (Å²) in [5, 5.41) is 0.940. The van der Waals surface area contributed by atoms with E-state index in [1.807, 2.05) is 0 Å². The van der Waals surface area contributed by atoms with E-state index in [1.165, 1.54) is 11.0 Å². The predicted molar refractivity (Wildman–Crippen MR) is 114 cm³/mol. The predicted octanol–water partition coefficient (Wildman–Crippen LogP) is 5.14. The average molecular weight is 465 g/mol. The van der Waals surface area contributed by atoms with Gasteiger partial charge in [-0.2, -0.15) is 13.2 Å². The van der Waals surface area contributed by atoms with Crippen LogP contribution in [0.15, 0.2) is 30.5 Å². The fourth-order valence-electron chi connectivity index (χ4n) is 3.88. The van der Waals surface area contributed by atoms with E-state index in [1.54, 1.807) is 26.0 Å². The van der Waals surface area contributed by atoms with E-state index < -0.39 is 17.8 Å². The monoisotopic (exact) mass is 464 g/mol. The maximum absolute atomic E-state index is 13.4. The number of nitrogens with two attached hydrogens (primary N) is 1. The normalized spacial score (nSPS) is 14.4. The Labute approximate surface area is 187 Å². The quantitative estimate of drug-likeness (QED) is 0.578. The van der Waals surface area contributed by atoms with Gasteiger partial charge < -0.3 is 15.4 Å². The van der Waals surface area contributed by atoms with Crippen molar-refractivity contribution < 1.29 is 22.7 Å². The fraction of sp³-hybridized carbons (Fsp3) is 0.318. The lowest BCUT2D eigenvalue weighted by atomic mass is 10.0. The summed E-state index contributed by atoms with van der Waals surface area (Å²) in [6.07, 6.45) is -3.71. The molecule has 4 rings (SSSR count). The number of amides is 1. The first-order chi connectivity index (χ1) is 15.1. The molecule has 1 unspecified atom stereocenters. The Kier molecular flexibility index (Phi) is 5.72. The van der Waals surface area contributed by atoms with E-state index in [2.05, 4.69) is 9.97 Å². The van der Waals surface area contributed by atoms with Crippen LogP contribution in [0, 0.1) is 0 Å². The molecule has 1 aliphatic heterocycles. The smallest absolute Gasteiger partial charge is 0.383 e. The number of nitrogen functional groups attached to an aromatic ring is 1. The number of anilines is 1. The molecule has 0 aliphatic carbocycles. The van der Waals surface area contributed by atoms with E-state index >= 15 is 0 Å². The lowest BCUT2D eigenvalue weighted by molar-refractivity contribution is -0.137. The molecule has 1 amide bonds. The summed E-state index contributed by atoms with van der Waals surface area (Å²) in [4.78, 5) is 23.2. The van der Waals surface area contributed by atoms with Crippen LogP contribution in [0.25, 0.3) is 10.9 Å². The summed E-state index contributed by atoms with van der Waals surface area (Å²) in [6.45, 7) is 4.50. The van der Waals surface area contributed by atoms with Crippen LogP contribution in [0.5, 0.6) is 0 Å². The number of halogens is 4. The largest absolute Gasteiger partial charge is 0.417 e. The highest BCUT2D eigenvalue weighted by atomic mass is 35.5. The molecule has 3 heterocycles. The Morgan fingerprint density at radius 3 is 2.62 bits per heavy atom. The molecular formula is C22H20ClF3N4O2. The maximum Gasteiger partial charge on any atom is 0.417 e. The number of benzene rings is 1. The van der Waals surface area contributed by atoms with Crippen molar-refractivity contribution in [1.82, 2.24) is 14.9 Å². The summed E-state index contributed by atoms with van der Waals surface area (Å²) in [7, 11) is 0. The van der Waals surface area contributed by atoms with Gasteiger partial charge in [-0.1, -0.05) is 11.6 Å². The molecular weight excluding hydrogens is 445 g/mol. The number of ether oxygens (including phenoxy) is 1. The van der Waals surface area contributed by atoms with Gasteiger partial charge in [0.2, 0.25) is 0 Å². The zero-order valence-corrected chi connectivity index (χ0v) is 18.1. The van der Waals surface area contributed by atoms with Crippen LogP contribution in [0.2, 0.25) is 5.02 Å². The molecule has 10 heteroatoms. The SMILES string of the molecule is CCN(C(=O)c1cc2c3c(c(N)nc2cc1Cl)COC3)C(C)c1ccc(C(F)(F)F)cn1. The van der Waals surface area contributed by atoms with Crippen molar-refractivity contribution in [3.8, 4) is 0 Å². The van der Waals surface area contributed by atoms with Crippen molar-refractivity contribution in [2.24, 2.45) is 0 Å². The van der Waals surface area contributed by atoms with E-state index in [9.17, 15) is 18.0 Å². The molecule has 2 aromatic heterocycles. The third-order valence-corrected chi connectivity index (χ3v) is 5.97. The lowest BCUT2D eigenvalue weighted by Crippen LogP contribution is -2.34. The number of carbonyl (C=O) groups is 1. The van der Waals surface area contributed by atoms with Gasteiger partial charge in [0, 0.05) is 23.7 Å². The molecule has 1 atom stereocenters. The average Bonchev–Trinajstić information content (AvgIpc) is 3.24. The van der Waals surface area contributed by atoms with Crippen molar-refractivity contribution in [2.45, 2.75) is 39.3 Å². The Bertz CT molecular complexity index is 1200. The van der Waals surface area contributed by atoms with E-state index in [0.29, 0.717) is 36.8 Å². The van der Waals surface area contributed by atoms with Gasteiger partial charge in [-0.15, -0.1) is 0 Å². The number of fused-ring (bicyclic) bond motifs is 3. The fourth-order valence-corrected chi connectivity index (χ4v) is 4.12. The third-order valence-electron chi connectivity index (χ3n) is 5.66. The Balaban J connectivity index is 1.70. The lowest BCUT2D eigenvalue weighted by Gasteiger charge is -2.28. The molecule has 6 nitrogen and oxygen atoms in total. The van der Waals surface area contributed by atoms with Gasteiger partial charge in [-0.05, 0) is 43.7 Å².